The second-order valence-electron chi connectivity index (χ2n) is 19.2. The largest absolute Gasteiger partial charge is 0.310 e. The van der Waals surface area contributed by atoms with Gasteiger partial charge >= 0.3 is 0 Å². The van der Waals surface area contributed by atoms with E-state index in [1.807, 2.05) is 0 Å². The SMILES string of the molecule is c1ccc(B2c3cc4c(cc3-n3c5ccc(N(c6ccccc6)c6ccccc6)cc5c5cccc2c53)B(c2ccccc2)c2cccc3c5cc(N(c6ccccc6)c6ccccc6)ccc5n-4c23)cc1. The first kappa shape index (κ1) is 40.6. The number of hydrogen-bond acceptors (Lipinski definition) is 2. The molecule has 72 heavy (non-hydrogen) atoms. The van der Waals surface area contributed by atoms with Gasteiger partial charge in [0, 0.05) is 78.1 Å². The van der Waals surface area contributed by atoms with E-state index in [1.54, 1.807) is 0 Å². The lowest BCUT2D eigenvalue weighted by Gasteiger charge is -2.33. The fourth-order valence-electron chi connectivity index (χ4n) is 12.4. The molecule has 0 radical (unpaired) electrons. The van der Waals surface area contributed by atoms with Crippen LogP contribution in [0, 0.1) is 0 Å². The summed E-state index contributed by atoms with van der Waals surface area (Å²) in [6.07, 6.45) is 0. The second-order valence-corrected chi connectivity index (χ2v) is 19.2. The summed E-state index contributed by atoms with van der Waals surface area (Å²) in [5, 5.41) is 4.98. The Labute approximate surface area is 419 Å². The summed E-state index contributed by atoms with van der Waals surface area (Å²) in [7, 11) is 0. The zero-order chi connectivity index (χ0) is 47.3. The first-order valence-electron chi connectivity index (χ1n) is 25.0. The van der Waals surface area contributed by atoms with Gasteiger partial charge in [0.2, 0.25) is 13.4 Å². The van der Waals surface area contributed by atoms with Crippen molar-refractivity contribution >= 4 is 124 Å². The monoisotopic (exact) mass is 914 g/mol. The molecule has 4 heterocycles. The molecule has 0 atom stereocenters. The Bertz CT molecular complexity index is 3860. The van der Waals surface area contributed by atoms with Gasteiger partial charge in [0.25, 0.3) is 0 Å². The topological polar surface area (TPSA) is 16.3 Å². The summed E-state index contributed by atoms with van der Waals surface area (Å²) in [6, 6.07) is 98.5. The van der Waals surface area contributed by atoms with E-state index in [0.717, 1.165) is 34.1 Å². The number of hydrogen-bond donors (Lipinski definition) is 0. The van der Waals surface area contributed by atoms with Crippen LogP contribution in [0.2, 0.25) is 0 Å². The van der Waals surface area contributed by atoms with Crippen LogP contribution >= 0.6 is 0 Å². The van der Waals surface area contributed by atoms with E-state index in [4.69, 9.17) is 0 Å². The van der Waals surface area contributed by atoms with Crippen LogP contribution in [0.25, 0.3) is 55.0 Å². The highest BCUT2D eigenvalue weighted by Gasteiger charge is 2.39. The number of nitrogens with zero attached hydrogens (tertiary/aromatic N) is 4. The van der Waals surface area contributed by atoms with Crippen molar-refractivity contribution in [2.75, 3.05) is 9.80 Å². The van der Waals surface area contributed by atoms with Crippen molar-refractivity contribution in [3.63, 3.8) is 0 Å². The number of benzene rings is 11. The third-order valence-corrected chi connectivity index (χ3v) is 15.3. The quantitative estimate of drug-likeness (QED) is 0.141. The van der Waals surface area contributed by atoms with E-state index in [2.05, 4.69) is 286 Å². The molecule has 6 heteroatoms. The van der Waals surface area contributed by atoms with Gasteiger partial charge in [-0.3, -0.25) is 0 Å². The van der Waals surface area contributed by atoms with Gasteiger partial charge in [-0.05, 0) is 119 Å². The van der Waals surface area contributed by atoms with Gasteiger partial charge in [-0.25, -0.2) is 0 Å². The van der Waals surface area contributed by atoms with Crippen molar-refractivity contribution in [3.8, 4) is 11.4 Å². The van der Waals surface area contributed by atoms with Crippen molar-refractivity contribution in [2.45, 2.75) is 0 Å². The molecule has 0 fully saturated rings. The van der Waals surface area contributed by atoms with E-state index in [0.29, 0.717) is 0 Å². The van der Waals surface area contributed by atoms with Crippen molar-refractivity contribution in [3.05, 3.63) is 267 Å². The molecular weight excluding hydrogens is 870 g/mol. The average Bonchev–Trinajstić information content (AvgIpc) is 3.96. The van der Waals surface area contributed by atoms with Crippen LogP contribution in [0.15, 0.2) is 267 Å². The van der Waals surface area contributed by atoms with Crippen LogP contribution in [0.5, 0.6) is 0 Å². The number of fused-ring (bicyclic) bond motifs is 10. The molecule has 0 saturated carbocycles. The van der Waals surface area contributed by atoms with Crippen molar-refractivity contribution < 1.29 is 0 Å². The van der Waals surface area contributed by atoms with E-state index in [-0.39, 0.29) is 13.4 Å². The van der Waals surface area contributed by atoms with Crippen LogP contribution in [0.3, 0.4) is 0 Å². The molecular formula is C66H44B2N4. The number of para-hydroxylation sites is 6. The Morgan fingerprint density at radius 1 is 0.250 bits per heavy atom. The van der Waals surface area contributed by atoms with E-state index in [1.165, 1.54) is 87.8 Å². The van der Waals surface area contributed by atoms with Crippen molar-refractivity contribution in [1.29, 1.82) is 0 Å². The molecule has 13 aromatic rings. The van der Waals surface area contributed by atoms with E-state index >= 15 is 0 Å². The van der Waals surface area contributed by atoms with Gasteiger partial charge in [-0.15, -0.1) is 0 Å². The molecule has 0 aliphatic carbocycles. The van der Waals surface area contributed by atoms with Gasteiger partial charge in [-0.2, -0.15) is 0 Å². The summed E-state index contributed by atoms with van der Waals surface area (Å²) in [4.78, 5) is 4.74. The average molecular weight is 915 g/mol. The van der Waals surface area contributed by atoms with Crippen LogP contribution in [0.1, 0.15) is 0 Å². The lowest BCUT2D eigenvalue weighted by Crippen LogP contribution is -2.59. The number of aromatic nitrogens is 2. The van der Waals surface area contributed by atoms with Crippen LogP contribution in [-0.2, 0) is 0 Å². The predicted molar refractivity (Wildman–Crippen MR) is 307 cm³/mol. The molecule has 334 valence electrons. The third kappa shape index (κ3) is 6.09. The standard InChI is InChI=1S/C66H44B2N4/c1-7-21-45(22-8-1)67-57-35-19-33-53-55-41-51(69(47-25-11-3-12-26-47)48-27-13-4-14-28-48)37-39-61(55)71(65(53)57)63-44-60-64(43-59(63)67)72-62-40-38-52(70(49-29-15-5-16-30-49)50-31-17-6-18-32-50)42-56(62)54-34-20-36-58(66(54)72)68(60)46-23-9-2-10-24-46/h1-44H. The lowest BCUT2D eigenvalue weighted by atomic mass is 9.33. The lowest BCUT2D eigenvalue weighted by molar-refractivity contribution is 1.16. The molecule has 2 aliphatic rings. The predicted octanol–water partition coefficient (Wildman–Crippen LogP) is 12.5. The third-order valence-electron chi connectivity index (χ3n) is 15.3. The summed E-state index contributed by atoms with van der Waals surface area (Å²) in [5.74, 6) is 0. The Kier molecular flexibility index (Phi) is 9.12. The molecule has 0 N–H and O–H groups in total. The van der Waals surface area contributed by atoms with Crippen LogP contribution in [0.4, 0.5) is 34.1 Å². The summed E-state index contributed by atoms with van der Waals surface area (Å²) in [5.41, 5.74) is 21.9. The molecule has 4 nitrogen and oxygen atoms in total. The van der Waals surface area contributed by atoms with Crippen LogP contribution < -0.4 is 42.6 Å². The zero-order valence-corrected chi connectivity index (χ0v) is 39.3. The molecule has 2 aliphatic heterocycles. The minimum atomic E-state index is -0.00168. The van der Waals surface area contributed by atoms with Crippen molar-refractivity contribution in [1.82, 2.24) is 9.13 Å². The normalized spacial score (nSPS) is 12.4. The minimum absolute atomic E-state index is 0.00168. The fourth-order valence-corrected chi connectivity index (χ4v) is 12.4. The Morgan fingerprint density at radius 2 is 0.583 bits per heavy atom. The molecule has 0 bridgehead atoms. The van der Waals surface area contributed by atoms with E-state index < -0.39 is 0 Å². The summed E-state index contributed by atoms with van der Waals surface area (Å²) in [6.45, 7) is -0.00336. The van der Waals surface area contributed by atoms with Gasteiger partial charge in [0.05, 0.1) is 11.0 Å². The molecule has 2 aromatic heterocycles. The van der Waals surface area contributed by atoms with E-state index in [9.17, 15) is 0 Å². The zero-order valence-electron chi connectivity index (χ0n) is 39.3. The molecule has 11 aromatic carbocycles. The Morgan fingerprint density at radius 3 is 0.931 bits per heavy atom. The maximum atomic E-state index is 2.59. The first-order chi connectivity index (χ1) is 35.8. The minimum Gasteiger partial charge on any atom is -0.310 e. The smallest absolute Gasteiger partial charge is 0.246 e. The highest BCUT2D eigenvalue weighted by molar-refractivity contribution is 7.00. The molecule has 0 saturated heterocycles. The highest BCUT2D eigenvalue weighted by Crippen LogP contribution is 2.43. The van der Waals surface area contributed by atoms with Crippen LogP contribution in [-0.4, -0.2) is 22.6 Å². The fraction of sp³-hybridized carbons (Fsp3) is 0. The second kappa shape index (κ2) is 16.2. The molecule has 0 spiro atoms. The van der Waals surface area contributed by atoms with Gasteiger partial charge < -0.3 is 18.9 Å². The Hall–Kier alpha value is -9.25. The first-order valence-corrected chi connectivity index (χ1v) is 25.0. The molecule has 0 amide bonds. The van der Waals surface area contributed by atoms with Gasteiger partial charge in [0.1, 0.15) is 0 Å². The van der Waals surface area contributed by atoms with Gasteiger partial charge in [0.15, 0.2) is 0 Å². The summed E-state index contributed by atoms with van der Waals surface area (Å²) >= 11 is 0. The maximum absolute atomic E-state index is 2.59. The summed E-state index contributed by atoms with van der Waals surface area (Å²) < 4.78 is 5.18. The molecule has 0 unspecified atom stereocenters. The molecule has 15 rings (SSSR count). The number of anilines is 6. The van der Waals surface area contributed by atoms with Gasteiger partial charge in [-0.1, -0.05) is 181 Å². The highest BCUT2D eigenvalue weighted by atomic mass is 15.1. The Balaban J connectivity index is 1.01. The van der Waals surface area contributed by atoms with Crippen molar-refractivity contribution in [2.24, 2.45) is 0 Å². The maximum Gasteiger partial charge on any atom is 0.246 e. The number of rotatable bonds is 8.